The third kappa shape index (κ3) is 3.65. The van der Waals surface area contributed by atoms with Crippen molar-refractivity contribution in [2.45, 2.75) is 51.9 Å². The number of aliphatic hydroxyl groups excluding tert-OH is 1. The van der Waals surface area contributed by atoms with Crippen molar-refractivity contribution in [1.82, 2.24) is 0 Å². The fourth-order valence-corrected chi connectivity index (χ4v) is 3.05. The van der Waals surface area contributed by atoms with Crippen molar-refractivity contribution in [3.63, 3.8) is 0 Å². The number of aliphatic hydroxyl groups is 1. The Kier molecular flexibility index (Phi) is 4.86. The monoisotopic (exact) mass is 306 g/mol. The van der Waals surface area contributed by atoms with E-state index in [1.165, 1.54) is 6.92 Å². The first kappa shape index (κ1) is 16.5. The number of carbonyl (C=O) groups is 2. The first-order valence-electron chi connectivity index (χ1n) is 7.37. The third-order valence-electron chi connectivity index (χ3n) is 3.97. The van der Waals surface area contributed by atoms with Crippen molar-refractivity contribution in [2.75, 3.05) is 0 Å². The minimum atomic E-state index is -0.764. The van der Waals surface area contributed by atoms with Gasteiger partial charge in [-0.2, -0.15) is 0 Å². The van der Waals surface area contributed by atoms with Crippen molar-refractivity contribution in [3.8, 4) is 0 Å². The van der Waals surface area contributed by atoms with E-state index in [1.807, 2.05) is 26.0 Å². The zero-order valence-electron chi connectivity index (χ0n) is 13.2. The van der Waals surface area contributed by atoms with Crippen LogP contribution in [0, 0.1) is 5.92 Å². The van der Waals surface area contributed by atoms with E-state index < -0.39 is 24.1 Å². The summed E-state index contributed by atoms with van der Waals surface area (Å²) in [5.74, 6) is -1.25. The zero-order chi connectivity index (χ0) is 16.4. The van der Waals surface area contributed by atoms with E-state index in [2.05, 4.69) is 6.58 Å². The van der Waals surface area contributed by atoms with Crippen molar-refractivity contribution in [3.05, 3.63) is 35.5 Å². The van der Waals surface area contributed by atoms with E-state index in [0.717, 1.165) is 11.1 Å². The van der Waals surface area contributed by atoms with Gasteiger partial charge >= 0.3 is 11.9 Å². The Bertz CT molecular complexity index is 557. The summed E-state index contributed by atoms with van der Waals surface area (Å²) in [5, 5.41) is 10.4. The van der Waals surface area contributed by atoms with E-state index in [9.17, 15) is 14.7 Å². The summed E-state index contributed by atoms with van der Waals surface area (Å²) in [6, 6.07) is 0. The molecule has 0 aromatic rings. The van der Waals surface area contributed by atoms with E-state index >= 15 is 0 Å². The third-order valence-corrected chi connectivity index (χ3v) is 3.97. The average Bonchev–Trinajstić information content (AvgIpc) is 2.62. The van der Waals surface area contributed by atoms with Gasteiger partial charge in [0, 0.05) is 18.9 Å². The number of carbonyl (C=O) groups excluding carboxylic acids is 2. The summed E-state index contributed by atoms with van der Waals surface area (Å²) in [6.45, 7) is 8.88. The molecule has 0 radical (unpaired) electrons. The van der Waals surface area contributed by atoms with Crippen LogP contribution < -0.4 is 0 Å². The molecule has 0 amide bonds. The summed E-state index contributed by atoms with van der Waals surface area (Å²) >= 11 is 0. The molecule has 1 aliphatic carbocycles. The van der Waals surface area contributed by atoms with Crippen LogP contribution in [0.5, 0.6) is 0 Å². The first-order valence-corrected chi connectivity index (χ1v) is 7.37. The normalized spacial score (nSPS) is 32.5. The van der Waals surface area contributed by atoms with Gasteiger partial charge in [0.05, 0.1) is 12.0 Å². The van der Waals surface area contributed by atoms with Crippen LogP contribution in [0.4, 0.5) is 0 Å². The Morgan fingerprint density at radius 2 is 1.95 bits per heavy atom. The highest BCUT2D eigenvalue weighted by Crippen LogP contribution is 2.34. The maximum Gasteiger partial charge on any atom is 0.334 e. The number of hydrogen-bond donors (Lipinski definition) is 1. The van der Waals surface area contributed by atoms with Crippen LogP contribution in [0.3, 0.4) is 0 Å². The minimum Gasteiger partial charge on any atom is -0.458 e. The second-order valence-electron chi connectivity index (χ2n) is 6.07. The van der Waals surface area contributed by atoms with Gasteiger partial charge in [-0.25, -0.2) is 4.79 Å². The average molecular weight is 306 g/mol. The minimum absolute atomic E-state index is 0.312. The lowest BCUT2D eigenvalue weighted by Gasteiger charge is -2.24. The number of hydrogen-bond acceptors (Lipinski definition) is 5. The van der Waals surface area contributed by atoms with Crippen LogP contribution in [0.15, 0.2) is 35.5 Å². The molecule has 5 heteroatoms. The lowest BCUT2D eigenvalue weighted by molar-refractivity contribution is -0.144. The molecule has 1 saturated heterocycles. The molecule has 22 heavy (non-hydrogen) atoms. The molecule has 120 valence electrons. The van der Waals surface area contributed by atoms with Crippen LogP contribution >= 0.6 is 0 Å². The topological polar surface area (TPSA) is 72.8 Å². The largest absolute Gasteiger partial charge is 0.458 e. The maximum atomic E-state index is 11.7. The SMILES string of the molecule is C=C1C(=O)OC2C=C(C)CC(OC(C)=O)C=C(C)CC(O)C12. The molecule has 1 N–H and O–H groups in total. The van der Waals surface area contributed by atoms with Gasteiger partial charge in [0.15, 0.2) is 0 Å². The number of esters is 2. The lowest BCUT2D eigenvalue weighted by atomic mass is 9.85. The Morgan fingerprint density at radius 1 is 1.32 bits per heavy atom. The van der Waals surface area contributed by atoms with Crippen LogP contribution in [-0.2, 0) is 19.1 Å². The Labute approximate surface area is 130 Å². The maximum absolute atomic E-state index is 11.7. The van der Waals surface area contributed by atoms with Gasteiger partial charge in [-0.15, -0.1) is 0 Å². The molecule has 1 aliphatic heterocycles. The Hall–Kier alpha value is -1.88. The lowest BCUT2D eigenvalue weighted by Crippen LogP contribution is -2.29. The number of ether oxygens (including phenoxy) is 2. The predicted molar refractivity (Wildman–Crippen MR) is 80.8 cm³/mol. The fraction of sp³-hybridized carbons (Fsp3) is 0.529. The molecule has 5 nitrogen and oxygen atoms in total. The van der Waals surface area contributed by atoms with Crippen LogP contribution in [0.25, 0.3) is 0 Å². The molecule has 1 heterocycles. The van der Waals surface area contributed by atoms with Gasteiger partial charge in [-0.1, -0.05) is 17.7 Å². The second-order valence-corrected chi connectivity index (χ2v) is 6.07. The van der Waals surface area contributed by atoms with Crippen LogP contribution in [-0.4, -0.2) is 35.4 Å². The summed E-state index contributed by atoms with van der Waals surface area (Å²) in [4.78, 5) is 22.9. The van der Waals surface area contributed by atoms with Gasteiger partial charge < -0.3 is 14.6 Å². The molecule has 2 aliphatic rings. The van der Waals surface area contributed by atoms with Crippen LogP contribution in [0.1, 0.15) is 33.6 Å². The summed E-state index contributed by atoms with van der Waals surface area (Å²) in [5.41, 5.74) is 2.15. The highest BCUT2D eigenvalue weighted by atomic mass is 16.6. The highest BCUT2D eigenvalue weighted by Gasteiger charge is 2.42. The quantitative estimate of drug-likeness (QED) is 0.456. The summed E-state index contributed by atoms with van der Waals surface area (Å²) in [7, 11) is 0. The predicted octanol–water partition coefficient (Wildman–Crippen LogP) is 2.06. The van der Waals surface area contributed by atoms with E-state index in [4.69, 9.17) is 9.47 Å². The standard InChI is InChI=1S/C17H22O5/c1-9-5-13(21-12(4)18)6-10(2)8-15-16(14(19)7-9)11(3)17(20)22-15/h5,8,13-16,19H,3,6-7H2,1-2,4H3. The molecule has 0 spiro atoms. The van der Waals surface area contributed by atoms with Crippen molar-refractivity contribution in [1.29, 1.82) is 0 Å². The molecule has 0 bridgehead atoms. The van der Waals surface area contributed by atoms with Gasteiger partial charge in [0.25, 0.3) is 0 Å². The van der Waals surface area contributed by atoms with Gasteiger partial charge in [0.1, 0.15) is 12.2 Å². The Balaban J connectivity index is 2.33. The molecule has 0 aromatic carbocycles. The molecule has 0 aromatic heterocycles. The molecule has 4 unspecified atom stereocenters. The summed E-state index contributed by atoms with van der Waals surface area (Å²) < 4.78 is 10.6. The van der Waals surface area contributed by atoms with Crippen molar-refractivity contribution < 1.29 is 24.2 Å². The van der Waals surface area contributed by atoms with E-state index in [0.29, 0.717) is 18.4 Å². The number of rotatable bonds is 1. The van der Waals surface area contributed by atoms with Crippen molar-refractivity contribution >= 4 is 11.9 Å². The molecule has 0 saturated carbocycles. The summed E-state index contributed by atoms with van der Waals surface area (Å²) in [6.07, 6.45) is 2.91. The smallest absolute Gasteiger partial charge is 0.334 e. The van der Waals surface area contributed by atoms with E-state index in [-0.39, 0.29) is 12.1 Å². The molecule has 4 atom stereocenters. The first-order chi connectivity index (χ1) is 10.3. The van der Waals surface area contributed by atoms with E-state index in [1.54, 1.807) is 0 Å². The van der Waals surface area contributed by atoms with Gasteiger partial charge in [-0.3, -0.25) is 4.79 Å². The second kappa shape index (κ2) is 6.48. The Morgan fingerprint density at radius 3 is 2.59 bits per heavy atom. The molecular formula is C17H22O5. The molecule has 2 rings (SSSR count). The zero-order valence-corrected chi connectivity index (χ0v) is 13.2. The highest BCUT2D eigenvalue weighted by molar-refractivity contribution is 5.91. The molecular weight excluding hydrogens is 284 g/mol. The fourth-order valence-electron chi connectivity index (χ4n) is 3.05. The van der Waals surface area contributed by atoms with Gasteiger partial charge in [-0.05, 0) is 32.4 Å². The number of fused-ring (bicyclic) bond motifs is 1. The molecule has 1 fully saturated rings. The van der Waals surface area contributed by atoms with Crippen molar-refractivity contribution in [2.24, 2.45) is 5.92 Å². The van der Waals surface area contributed by atoms with Crippen LogP contribution in [0.2, 0.25) is 0 Å². The van der Waals surface area contributed by atoms with Gasteiger partial charge in [0.2, 0.25) is 0 Å².